The molecule has 4 aromatic rings. The zero-order valence-electron chi connectivity index (χ0n) is 16.0. The molecule has 0 amide bonds. The zero-order valence-corrected chi connectivity index (χ0v) is 16.0. The predicted octanol–water partition coefficient (Wildman–Crippen LogP) is 3.32. The van der Waals surface area contributed by atoms with Gasteiger partial charge in [-0.15, -0.1) is 0 Å². The molecule has 0 aliphatic rings. The van der Waals surface area contributed by atoms with Crippen LogP contribution in [0.25, 0.3) is 33.2 Å². The minimum atomic E-state index is -1.02. The van der Waals surface area contributed by atoms with Crippen molar-refractivity contribution in [3.63, 3.8) is 0 Å². The van der Waals surface area contributed by atoms with E-state index in [2.05, 4.69) is 5.10 Å². The van der Waals surface area contributed by atoms with Crippen LogP contribution in [0.15, 0.2) is 65.7 Å². The summed E-state index contributed by atoms with van der Waals surface area (Å²) in [6.07, 6.45) is 2.66. The number of ether oxygens (including phenoxy) is 1. The number of hydrogen-bond acceptors (Lipinski definition) is 4. The third kappa shape index (κ3) is 3.08. The minimum Gasteiger partial charge on any atom is -0.463 e. The summed E-state index contributed by atoms with van der Waals surface area (Å²) in [6, 6.07) is 15.2. The average Bonchev–Trinajstić information content (AvgIpc) is 3.12. The number of rotatable bonds is 4. The van der Waals surface area contributed by atoms with Crippen LogP contribution in [-0.2, 0) is 14.1 Å². The molecule has 0 aliphatic heterocycles. The summed E-state index contributed by atoms with van der Waals surface area (Å²) in [4.78, 5) is 13.0. The highest BCUT2D eigenvalue weighted by Crippen LogP contribution is 2.37. The summed E-state index contributed by atoms with van der Waals surface area (Å²) in [5.74, 6) is 0.476. The molecule has 2 heterocycles. The van der Waals surface area contributed by atoms with Crippen molar-refractivity contribution < 1.29 is 9.84 Å². The third-order valence-corrected chi connectivity index (χ3v) is 4.72. The molecule has 0 radical (unpaired) electrons. The molecular weight excluding hydrogens is 354 g/mol. The first-order valence-electron chi connectivity index (χ1n) is 9.01. The summed E-state index contributed by atoms with van der Waals surface area (Å²) >= 11 is 0. The minimum absolute atomic E-state index is 0.121. The number of hydrogen-bond donors (Lipinski definition) is 1. The van der Waals surface area contributed by atoms with E-state index in [1.54, 1.807) is 35.5 Å². The number of fused-ring (bicyclic) bond motifs is 1. The monoisotopic (exact) mass is 375 g/mol. The first-order chi connectivity index (χ1) is 13.5. The van der Waals surface area contributed by atoms with Gasteiger partial charge in [-0.25, -0.2) is 0 Å². The Hall–Kier alpha value is -3.38. The maximum atomic E-state index is 13.0. The number of aliphatic hydroxyl groups is 1. The van der Waals surface area contributed by atoms with E-state index >= 15 is 0 Å². The van der Waals surface area contributed by atoms with Crippen LogP contribution in [0.1, 0.15) is 6.92 Å². The van der Waals surface area contributed by atoms with Gasteiger partial charge in [0.25, 0.3) is 5.56 Å². The van der Waals surface area contributed by atoms with Gasteiger partial charge in [0, 0.05) is 36.8 Å². The molecule has 142 valence electrons. The zero-order chi connectivity index (χ0) is 19.8. The molecule has 4 rings (SSSR count). The molecule has 0 spiro atoms. The highest BCUT2D eigenvalue weighted by molar-refractivity contribution is 5.96. The van der Waals surface area contributed by atoms with Crippen LogP contribution in [-0.4, -0.2) is 25.7 Å². The van der Waals surface area contributed by atoms with E-state index in [-0.39, 0.29) is 5.56 Å². The topological polar surface area (TPSA) is 69.3 Å². The van der Waals surface area contributed by atoms with Gasteiger partial charge in [0.05, 0.1) is 17.3 Å². The van der Waals surface area contributed by atoms with Crippen molar-refractivity contribution in [2.24, 2.45) is 14.1 Å². The van der Waals surface area contributed by atoms with E-state index in [9.17, 15) is 9.90 Å². The van der Waals surface area contributed by atoms with Gasteiger partial charge < -0.3 is 14.4 Å². The van der Waals surface area contributed by atoms with Gasteiger partial charge in [-0.05, 0) is 24.6 Å². The lowest BCUT2D eigenvalue weighted by Gasteiger charge is -2.19. The molecule has 0 bridgehead atoms. The van der Waals surface area contributed by atoms with Crippen molar-refractivity contribution >= 4 is 10.8 Å². The predicted molar refractivity (Wildman–Crippen MR) is 109 cm³/mol. The fourth-order valence-corrected chi connectivity index (χ4v) is 3.44. The Balaban J connectivity index is 2.07. The Kier molecular flexibility index (Phi) is 4.49. The van der Waals surface area contributed by atoms with Crippen molar-refractivity contribution in [2.45, 2.75) is 13.2 Å². The Morgan fingerprint density at radius 3 is 2.39 bits per heavy atom. The van der Waals surface area contributed by atoms with Gasteiger partial charge in [-0.2, -0.15) is 5.10 Å². The van der Waals surface area contributed by atoms with Crippen molar-refractivity contribution in [1.82, 2.24) is 14.3 Å². The molecule has 1 unspecified atom stereocenters. The summed E-state index contributed by atoms with van der Waals surface area (Å²) in [5.41, 5.74) is 3.20. The lowest BCUT2D eigenvalue weighted by molar-refractivity contribution is 0.000909. The number of aryl methyl sites for hydroxylation is 1. The van der Waals surface area contributed by atoms with E-state index in [1.807, 2.05) is 55.7 Å². The number of aliphatic hydroxyl groups excluding tert-OH is 1. The first kappa shape index (κ1) is 18.0. The second kappa shape index (κ2) is 6.98. The molecule has 1 N–H and O–H groups in total. The molecule has 2 aromatic carbocycles. The van der Waals surface area contributed by atoms with Crippen LogP contribution < -0.4 is 10.3 Å². The standard InChI is InChI=1S/C22H21N3O3/c1-14(26)28-21-19-11-16(17-12-23-24(2)13-17)9-10-18(19)22(27)25(3)20(21)15-7-5-4-6-8-15/h4-14,26H,1-3H3. The Bertz CT molecular complexity index is 1210. The van der Waals surface area contributed by atoms with E-state index < -0.39 is 6.29 Å². The molecule has 6 nitrogen and oxygen atoms in total. The Labute approximate surface area is 162 Å². The fourth-order valence-electron chi connectivity index (χ4n) is 3.44. The maximum absolute atomic E-state index is 13.0. The second-order valence-corrected chi connectivity index (χ2v) is 6.79. The third-order valence-electron chi connectivity index (χ3n) is 4.72. The van der Waals surface area contributed by atoms with Gasteiger partial charge in [0.1, 0.15) is 0 Å². The van der Waals surface area contributed by atoms with Crippen molar-refractivity contribution in [2.75, 3.05) is 0 Å². The Morgan fingerprint density at radius 1 is 1.00 bits per heavy atom. The van der Waals surface area contributed by atoms with Crippen molar-refractivity contribution in [3.8, 4) is 28.1 Å². The van der Waals surface area contributed by atoms with Crippen LogP contribution in [0.4, 0.5) is 0 Å². The summed E-state index contributed by atoms with van der Waals surface area (Å²) in [6.45, 7) is 1.55. The summed E-state index contributed by atoms with van der Waals surface area (Å²) in [5, 5.41) is 15.4. The molecule has 1 atom stereocenters. The van der Waals surface area contributed by atoms with E-state index in [0.29, 0.717) is 22.2 Å². The van der Waals surface area contributed by atoms with E-state index in [1.165, 1.54) is 0 Å². The molecule has 6 heteroatoms. The summed E-state index contributed by atoms with van der Waals surface area (Å²) < 4.78 is 9.12. The van der Waals surface area contributed by atoms with Gasteiger partial charge in [0.15, 0.2) is 12.0 Å². The van der Waals surface area contributed by atoms with Crippen molar-refractivity contribution in [1.29, 1.82) is 0 Å². The number of pyridine rings is 1. The number of nitrogens with zero attached hydrogens (tertiary/aromatic N) is 3. The highest BCUT2D eigenvalue weighted by Gasteiger charge is 2.19. The van der Waals surface area contributed by atoms with Crippen LogP contribution >= 0.6 is 0 Å². The molecule has 0 saturated heterocycles. The summed E-state index contributed by atoms with van der Waals surface area (Å²) in [7, 11) is 3.57. The average molecular weight is 375 g/mol. The number of aromatic nitrogens is 3. The van der Waals surface area contributed by atoms with Gasteiger partial charge >= 0.3 is 0 Å². The second-order valence-electron chi connectivity index (χ2n) is 6.79. The van der Waals surface area contributed by atoms with Crippen LogP contribution in [0.2, 0.25) is 0 Å². The molecule has 0 aliphatic carbocycles. The van der Waals surface area contributed by atoms with E-state index in [0.717, 1.165) is 16.7 Å². The van der Waals surface area contributed by atoms with Crippen molar-refractivity contribution in [3.05, 3.63) is 71.3 Å². The van der Waals surface area contributed by atoms with Gasteiger partial charge in [0.2, 0.25) is 0 Å². The number of benzene rings is 2. The highest BCUT2D eigenvalue weighted by atomic mass is 16.6. The molecule has 2 aromatic heterocycles. The van der Waals surface area contributed by atoms with Crippen LogP contribution in [0.3, 0.4) is 0 Å². The largest absolute Gasteiger partial charge is 0.463 e. The first-order valence-corrected chi connectivity index (χ1v) is 9.01. The smallest absolute Gasteiger partial charge is 0.258 e. The molecule has 0 fully saturated rings. The Morgan fingerprint density at radius 2 is 1.75 bits per heavy atom. The normalized spacial score (nSPS) is 12.3. The molecule has 28 heavy (non-hydrogen) atoms. The molecular formula is C22H21N3O3. The van der Waals surface area contributed by atoms with E-state index in [4.69, 9.17) is 4.74 Å². The van der Waals surface area contributed by atoms with Crippen LogP contribution in [0, 0.1) is 0 Å². The lowest BCUT2D eigenvalue weighted by Crippen LogP contribution is -2.22. The van der Waals surface area contributed by atoms with Gasteiger partial charge in [-0.3, -0.25) is 9.48 Å². The van der Waals surface area contributed by atoms with Crippen LogP contribution in [0.5, 0.6) is 5.75 Å². The quantitative estimate of drug-likeness (QED) is 0.556. The van der Waals surface area contributed by atoms with Gasteiger partial charge in [-0.1, -0.05) is 36.4 Å². The maximum Gasteiger partial charge on any atom is 0.258 e. The fraction of sp³-hybridized carbons (Fsp3) is 0.182. The lowest BCUT2D eigenvalue weighted by atomic mass is 10.0. The SMILES string of the molecule is CC(O)Oc1c(-c2ccccc2)n(C)c(=O)c2ccc(-c3cnn(C)c3)cc12. The molecule has 0 saturated carbocycles.